The average molecular weight is 316 g/mol. The van der Waals surface area contributed by atoms with Crippen molar-refractivity contribution in [1.29, 1.82) is 0 Å². The summed E-state index contributed by atoms with van der Waals surface area (Å²) in [6.07, 6.45) is -2.55. The minimum absolute atomic E-state index is 0.0608. The smallest absolute Gasteiger partial charge is 0.308 e. The second-order valence-corrected chi connectivity index (χ2v) is 5.56. The van der Waals surface area contributed by atoms with Crippen molar-refractivity contribution in [3.05, 3.63) is 28.9 Å². The zero-order valence-corrected chi connectivity index (χ0v) is 12.4. The molecule has 8 heteroatoms. The lowest BCUT2D eigenvalue weighted by molar-refractivity contribution is -0.137. The fourth-order valence-electron chi connectivity index (χ4n) is 1.65. The van der Waals surface area contributed by atoms with Gasteiger partial charge in [-0.25, -0.2) is 0 Å². The van der Waals surface area contributed by atoms with Crippen molar-refractivity contribution in [2.45, 2.75) is 32.5 Å². The number of nitrogens with zero attached hydrogens (tertiary/aromatic N) is 3. The number of rotatable bonds is 5. The topological polar surface area (TPSA) is 50.7 Å². The van der Waals surface area contributed by atoms with Gasteiger partial charge in [0.05, 0.1) is 11.6 Å². The third kappa shape index (κ3) is 3.98. The minimum Gasteiger partial charge on any atom is -0.308 e. The molecule has 0 aliphatic heterocycles. The number of alkyl halides is 3. The Morgan fingerprint density at radius 2 is 2.05 bits per heavy atom. The van der Waals surface area contributed by atoms with Crippen molar-refractivity contribution in [3.63, 3.8) is 0 Å². The number of hydrogen-bond acceptors (Lipinski definition) is 5. The quantitative estimate of drug-likeness (QED) is 0.914. The van der Waals surface area contributed by atoms with E-state index in [1.54, 1.807) is 0 Å². The SMILES string of the molecule is CCCNC(C)c1nnc(-c2ccc(C(F)(F)F)cn2)s1. The van der Waals surface area contributed by atoms with Crippen molar-refractivity contribution in [1.82, 2.24) is 20.5 Å². The molecule has 0 amide bonds. The first-order valence-electron chi connectivity index (χ1n) is 6.52. The Morgan fingerprint density at radius 3 is 2.62 bits per heavy atom. The minimum atomic E-state index is -4.38. The monoisotopic (exact) mass is 316 g/mol. The number of halogens is 3. The first-order valence-corrected chi connectivity index (χ1v) is 7.34. The average Bonchev–Trinajstić information content (AvgIpc) is 2.94. The molecule has 0 fully saturated rings. The zero-order chi connectivity index (χ0) is 15.5. The summed E-state index contributed by atoms with van der Waals surface area (Å²) in [6, 6.07) is 2.38. The number of hydrogen-bond donors (Lipinski definition) is 1. The fraction of sp³-hybridized carbons (Fsp3) is 0.462. The van der Waals surface area contributed by atoms with Crippen LogP contribution in [0.25, 0.3) is 10.7 Å². The molecular formula is C13H15F3N4S. The van der Waals surface area contributed by atoms with E-state index >= 15 is 0 Å². The van der Waals surface area contributed by atoms with Crippen molar-refractivity contribution in [2.75, 3.05) is 6.54 Å². The number of aromatic nitrogens is 3. The fourth-order valence-corrected chi connectivity index (χ4v) is 2.50. The predicted molar refractivity (Wildman–Crippen MR) is 74.9 cm³/mol. The van der Waals surface area contributed by atoms with E-state index in [-0.39, 0.29) is 6.04 Å². The van der Waals surface area contributed by atoms with Crippen LogP contribution in [0, 0.1) is 0 Å². The lowest BCUT2D eigenvalue weighted by Crippen LogP contribution is -2.18. The van der Waals surface area contributed by atoms with Gasteiger partial charge in [0, 0.05) is 6.20 Å². The molecule has 0 saturated heterocycles. The Kier molecular flexibility index (Phi) is 4.89. The molecular weight excluding hydrogens is 301 g/mol. The van der Waals surface area contributed by atoms with Gasteiger partial charge in [0.15, 0.2) is 5.01 Å². The second-order valence-electron chi connectivity index (χ2n) is 4.55. The van der Waals surface area contributed by atoms with E-state index < -0.39 is 11.7 Å². The molecule has 0 saturated carbocycles. The highest BCUT2D eigenvalue weighted by Gasteiger charge is 2.30. The van der Waals surface area contributed by atoms with Crippen LogP contribution < -0.4 is 5.32 Å². The van der Waals surface area contributed by atoms with Gasteiger partial charge in [-0.15, -0.1) is 10.2 Å². The molecule has 1 unspecified atom stereocenters. The van der Waals surface area contributed by atoms with Gasteiger partial charge >= 0.3 is 6.18 Å². The van der Waals surface area contributed by atoms with E-state index in [4.69, 9.17) is 0 Å². The van der Waals surface area contributed by atoms with Gasteiger partial charge in [0.2, 0.25) is 0 Å². The van der Waals surface area contributed by atoms with E-state index in [9.17, 15) is 13.2 Å². The van der Waals surface area contributed by atoms with Gasteiger partial charge in [-0.1, -0.05) is 18.3 Å². The van der Waals surface area contributed by atoms with E-state index in [1.807, 2.05) is 6.92 Å². The van der Waals surface area contributed by atoms with Gasteiger partial charge in [-0.2, -0.15) is 13.2 Å². The maximum atomic E-state index is 12.5. The molecule has 0 bridgehead atoms. The summed E-state index contributed by atoms with van der Waals surface area (Å²) in [7, 11) is 0. The van der Waals surface area contributed by atoms with Gasteiger partial charge < -0.3 is 5.32 Å². The predicted octanol–water partition coefficient (Wildman–Crippen LogP) is 3.68. The third-order valence-electron chi connectivity index (χ3n) is 2.82. The highest BCUT2D eigenvalue weighted by atomic mass is 32.1. The van der Waals surface area contributed by atoms with Crippen molar-refractivity contribution < 1.29 is 13.2 Å². The Bertz CT molecular complexity index is 580. The Labute approximate surface area is 124 Å². The normalized spacial score (nSPS) is 13.4. The number of nitrogens with one attached hydrogen (secondary N) is 1. The highest BCUT2D eigenvalue weighted by Crippen LogP contribution is 2.30. The van der Waals surface area contributed by atoms with E-state index in [0.717, 1.165) is 30.2 Å². The molecule has 0 aliphatic carbocycles. The maximum absolute atomic E-state index is 12.5. The van der Waals surface area contributed by atoms with Crippen molar-refractivity contribution in [2.24, 2.45) is 0 Å². The van der Waals surface area contributed by atoms with Crippen LogP contribution in [-0.4, -0.2) is 21.7 Å². The summed E-state index contributed by atoms with van der Waals surface area (Å²) in [5.41, 5.74) is -0.372. The van der Waals surface area contributed by atoms with E-state index in [0.29, 0.717) is 10.7 Å². The van der Waals surface area contributed by atoms with E-state index in [1.165, 1.54) is 17.4 Å². The summed E-state index contributed by atoms with van der Waals surface area (Å²) in [4.78, 5) is 3.82. The molecule has 0 spiro atoms. The Morgan fingerprint density at radius 1 is 1.29 bits per heavy atom. The molecule has 114 valence electrons. The molecule has 4 nitrogen and oxygen atoms in total. The highest BCUT2D eigenvalue weighted by molar-refractivity contribution is 7.14. The van der Waals surface area contributed by atoms with Gasteiger partial charge in [0.1, 0.15) is 10.7 Å². The van der Waals surface area contributed by atoms with Gasteiger partial charge in [-0.05, 0) is 32.0 Å². The van der Waals surface area contributed by atoms with Crippen LogP contribution in [0.3, 0.4) is 0 Å². The van der Waals surface area contributed by atoms with Crippen LogP contribution in [0.2, 0.25) is 0 Å². The first kappa shape index (κ1) is 15.8. The third-order valence-corrected chi connectivity index (χ3v) is 3.95. The summed E-state index contributed by atoms with van der Waals surface area (Å²) < 4.78 is 37.4. The molecule has 1 N–H and O–H groups in total. The molecule has 1 atom stereocenters. The number of pyridine rings is 1. The lowest BCUT2D eigenvalue weighted by Gasteiger charge is -2.08. The molecule has 0 aliphatic rings. The van der Waals surface area contributed by atoms with E-state index in [2.05, 4.69) is 27.4 Å². The van der Waals surface area contributed by atoms with Gasteiger partial charge in [-0.3, -0.25) is 4.98 Å². The zero-order valence-electron chi connectivity index (χ0n) is 11.6. The molecule has 2 rings (SSSR count). The summed E-state index contributed by atoms with van der Waals surface area (Å²) in [5.74, 6) is 0. The molecule has 2 aromatic rings. The van der Waals surface area contributed by atoms with Gasteiger partial charge in [0.25, 0.3) is 0 Å². The van der Waals surface area contributed by atoms with Crippen LogP contribution in [0.4, 0.5) is 13.2 Å². The van der Waals surface area contributed by atoms with Crippen LogP contribution in [0.5, 0.6) is 0 Å². The summed E-state index contributed by atoms with van der Waals surface area (Å²) in [6.45, 7) is 4.91. The molecule has 0 radical (unpaired) electrons. The largest absolute Gasteiger partial charge is 0.417 e. The summed E-state index contributed by atoms with van der Waals surface area (Å²) in [5, 5.41) is 12.6. The molecule has 2 aromatic heterocycles. The first-order chi connectivity index (χ1) is 9.91. The van der Waals surface area contributed by atoms with Crippen LogP contribution in [-0.2, 0) is 6.18 Å². The lowest BCUT2D eigenvalue weighted by atomic mass is 10.2. The van der Waals surface area contributed by atoms with Crippen LogP contribution >= 0.6 is 11.3 Å². The standard InChI is InChI=1S/C13H15F3N4S/c1-3-6-17-8(2)11-19-20-12(21-11)10-5-4-9(7-18-10)13(14,15)16/h4-5,7-8,17H,3,6H2,1-2H3. The maximum Gasteiger partial charge on any atom is 0.417 e. The second kappa shape index (κ2) is 6.48. The molecule has 0 aromatic carbocycles. The van der Waals surface area contributed by atoms with Crippen molar-refractivity contribution in [3.8, 4) is 10.7 Å². The van der Waals surface area contributed by atoms with Crippen LogP contribution in [0.15, 0.2) is 18.3 Å². The molecule has 21 heavy (non-hydrogen) atoms. The van der Waals surface area contributed by atoms with Crippen LogP contribution in [0.1, 0.15) is 36.9 Å². The molecule has 2 heterocycles. The Hall–Kier alpha value is -1.54. The summed E-state index contributed by atoms with van der Waals surface area (Å²) >= 11 is 1.33. The Balaban J connectivity index is 2.14. The van der Waals surface area contributed by atoms with Crippen molar-refractivity contribution >= 4 is 11.3 Å².